The monoisotopic (exact) mass is 238 g/mol. The minimum atomic E-state index is -4.27. The highest BCUT2D eigenvalue weighted by atomic mass is 19.4. The van der Waals surface area contributed by atoms with E-state index < -0.39 is 12.2 Å². The topological polar surface area (TPSA) is 32.3 Å². The van der Waals surface area contributed by atoms with Crippen molar-refractivity contribution < 1.29 is 18.0 Å². The van der Waals surface area contributed by atoms with Crippen LogP contribution in [0.2, 0.25) is 0 Å². The second kappa shape index (κ2) is 5.52. The van der Waals surface area contributed by atoms with Gasteiger partial charge in [-0.05, 0) is 6.42 Å². The molecule has 1 amide bonds. The van der Waals surface area contributed by atoms with Gasteiger partial charge in [0, 0.05) is 13.0 Å². The molecule has 0 aliphatic carbocycles. The zero-order valence-corrected chi connectivity index (χ0v) is 9.31. The van der Waals surface area contributed by atoms with Gasteiger partial charge in [0.05, 0.1) is 0 Å². The summed E-state index contributed by atoms with van der Waals surface area (Å²) in [5.41, 5.74) is 2.26. The van der Waals surface area contributed by atoms with Crippen LogP contribution in [-0.2, 0) is 4.79 Å². The van der Waals surface area contributed by atoms with Gasteiger partial charge in [0.15, 0.2) is 0 Å². The molecule has 6 heteroatoms. The van der Waals surface area contributed by atoms with Crippen molar-refractivity contribution in [3.8, 4) is 0 Å². The van der Waals surface area contributed by atoms with Crippen molar-refractivity contribution in [2.45, 2.75) is 51.2 Å². The first kappa shape index (κ1) is 13.3. The van der Waals surface area contributed by atoms with Gasteiger partial charge in [0.2, 0.25) is 5.91 Å². The quantitative estimate of drug-likeness (QED) is 0.745. The first-order chi connectivity index (χ1) is 7.45. The summed E-state index contributed by atoms with van der Waals surface area (Å²) in [7, 11) is 0. The van der Waals surface area contributed by atoms with Gasteiger partial charge < -0.3 is 0 Å². The largest absolute Gasteiger partial charge is 0.405 e. The van der Waals surface area contributed by atoms with E-state index in [2.05, 4.69) is 5.43 Å². The van der Waals surface area contributed by atoms with Crippen LogP contribution in [0.15, 0.2) is 0 Å². The molecule has 0 aromatic rings. The Morgan fingerprint density at radius 1 is 1.44 bits per heavy atom. The van der Waals surface area contributed by atoms with Crippen LogP contribution < -0.4 is 5.43 Å². The maximum atomic E-state index is 12.7. The Morgan fingerprint density at radius 3 is 2.56 bits per heavy atom. The van der Waals surface area contributed by atoms with Gasteiger partial charge in [0.1, 0.15) is 6.04 Å². The Hall–Kier alpha value is -0.780. The van der Waals surface area contributed by atoms with Gasteiger partial charge in [-0.25, -0.2) is 5.01 Å². The molecule has 1 aliphatic heterocycles. The van der Waals surface area contributed by atoms with E-state index in [0.29, 0.717) is 6.42 Å². The Balaban J connectivity index is 2.53. The molecule has 0 aromatic heterocycles. The normalized spacial score (nSPS) is 19.9. The van der Waals surface area contributed by atoms with Crippen LogP contribution in [-0.4, -0.2) is 29.7 Å². The molecule has 0 spiro atoms. The highest BCUT2D eigenvalue weighted by Crippen LogP contribution is 2.29. The summed E-state index contributed by atoms with van der Waals surface area (Å²) < 4.78 is 38.2. The van der Waals surface area contributed by atoms with Crippen LogP contribution in [0.25, 0.3) is 0 Å². The standard InChI is InChI=1S/C10H17F3N2O/c1-2-3-4-5-8(10(11,12)13)15-7-6-9(16)14-15/h8H,2-7H2,1H3,(H,14,16). The molecule has 1 unspecified atom stereocenters. The third kappa shape index (κ3) is 3.66. The summed E-state index contributed by atoms with van der Waals surface area (Å²) in [4.78, 5) is 10.9. The Labute approximate surface area is 93.0 Å². The number of hydrazine groups is 1. The van der Waals surface area contributed by atoms with Gasteiger partial charge in [-0.1, -0.05) is 26.2 Å². The van der Waals surface area contributed by atoms with Crippen LogP contribution in [0.1, 0.15) is 39.0 Å². The average molecular weight is 238 g/mol. The number of unbranched alkanes of at least 4 members (excludes halogenated alkanes) is 2. The molecule has 0 aromatic carbocycles. The van der Waals surface area contributed by atoms with E-state index in [1.165, 1.54) is 0 Å². The molecule has 0 radical (unpaired) electrons. The van der Waals surface area contributed by atoms with Crippen molar-refractivity contribution in [1.82, 2.24) is 10.4 Å². The van der Waals surface area contributed by atoms with Crippen LogP contribution in [0, 0.1) is 0 Å². The number of nitrogens with one attached hydrogen (secondary N) is 1. The fourth-order valence-corrected chi connectivity index (χ4v) is 1.81. The summed E-state index contributed by atoms with van der Waals surface area (Å²) >= 11 is 0. The predicted octanol–water partition coefficient (Wildman–Crippen LogP) is 2.23. The first-order valence-corrected chi connectivity index (χ1v) is 5.58. The van der Waals surface area contributed by atoms with Gasteiger partial charge in [0.25, 0.3) is 0 Å². The van der Waals surface area contributed by atoms with Crippen molar-refractivity contribution in [3.63, 3.8) is 0 Å². The number of hydrogen-bond acceptors (Lipinski definition) is 2. The van der Waals surface area contributed by atoms with E-state index in [1.807, 2.05) is 6.92 Å². The molecule has 1 atom stereocenters. The number of carbonyl (C=O) groups is 1. The molecule has 1 saturated heterocycles. The molecular weight excluding hydrogens is 221 g/mol. The van der Waals surface area contributed by atoms with Crippen LogP contribution in [0.3, 0.4) is 0 Å². The number of carbonyl (C=O) groups excluding carboxylic acids is 1. The Morgan fingerprint density at radius 2 is 2.12 bits per heavy atom. The molecule has 16 heavy (non-hydrogen) atoms. The molecule has 0 saturated carbocycles. The summed E-state index contributed by atoms with van der Waals surface area (Å²) in [6.07, 6.45) is -1.86. The molecule has 3 nitrogen and oxygen atoms in total. The van der Waals surface area contributed by atoms with E-state index in [1.54, 1.807) is 0 Å². The molecular formula is C10H17F3N2O. The molecule has 1 fully saturated rings. The number of halogens is 3. The fraction of sp³-hybridized carbons (Fsp3) is 0.900. The third-order valence-electron chi connectivity index (χ3n) is 2.68. The number of rotatable bonds is 5. The molecule has 94 valence electrons. The maximum absolute atomic E-state index is 12.7. The molecule has 0 bridgehead atoms. The minimum Gasteiger partial charge on any atom is -0.288 e. The lowest BCUT2D eigenvalue weighted by Gasteiger charge is -2.28. The number of nitrogens with zero attached hydrogens (tertiary/aromatic N) is 1. The zero-order valence-electron chi connectivity index (χ0n) is 9.31. The van der Waals surface area contributed by atoms with Crippen molar-refractivity contribution in [2.24, 2.45) is 0 Å². The summed E-state index contributed by atoms with van der Waals surface area (Å²) in [5.74, 6) is -0.329. The summed E-state index contributed by atoms with van der Waals surface area (Å²) in [6, 6.07) is -1.54. The molecule has 1 heterocycles. The van der Waals surface area contributed by atoms with E-state index in [4.69, 9.17) is 0 Å². The van der Waals surface area contributed by atoms with E-state index in [-0.39, 0.29) is 25.3 Å². The lowest BCUT2D eigenvalue weighted by molar-refractivity contribution is -0.190. The van der Waals surface area contributed by atoms with E-state index >= 15 is 0 Å². The van der Waals surface area contributed by atoms with Crippen molar-refractivity contribution >= 4 is 5.91 Å². The van der Waals surface area contributed by atoms with E-state index in [0.717, 1.165) is 17.9 Å². The third-order valence-corrected chi connectivity index (χ3v) is 2.68. The summed E-state index contributed by atoms with van der Waals surface area (Å²) in [5, 5.41) is 1.03. The van der Waals surface area contributed by atoms with E-state index in [9.17, 15) is 18.0 Å². The van der Waals surface area contributed by atoms with Gasteiger partial charge in [-0.2, -0.15) is 13.2 Å². The average Bonchev–Trinajstić information content (AvgIpc) is 2.57. The highest BCUT2D eigenvalue weighted by Gasteiger charge is 2.45. The van der Waals surface area contributed by atoms with Crippen molar-refractivity contribution in [3.05, 3.63) is 0 Å². The lowest BCUT2D eigenvalue weighted by atomic mass is 10.1. The van der Waals surface area contributed by atoms with Crippen LogP contribution in [0.5, 0.6) is 0 Å². The number of hydrogen-bond donors (Lipinski definition) is 1. The zero-order chi connectivity index (χ0) is 12.2. The minimum absolute atomic E-state index is 0.0532. The molecule has 1 N–H and O–H groups in total. The van der Waals surface area contributed by atoms with Crippen molar-refractivity contribution in [1.29, 1.82) is 0 Å². The highest BCUT2D eigenvalue weighted by molar-refractivity contribution is 5.77. The first-order valence-electron chi connectivity index (χ1n) is 5.58. The smallest absolute Gasteiger partial charge is 0.288 e. The second-order valence-corrected chi connectivity index (χ2v) is 4.03. The van der Waals surface area contributed by atoms with Gasteiger partial charge in [-0.15, -0.1) is 0 Å². The fourth-order valence-electron chi connectivity index (χ4n) is 1.81. The molecule has 1 aliphatic rings. The predicted molar refractivity (Wildman–Crippen MR) is 53.5 cm³/mol. The van der Waals surface area contributed by atoms with Crippen LogP contribution >= 0.6 is 0 Å². The second-order valence-electron chi connectivity index (χ2n) is 4.03. The summed E-state index contributed by atoms with van der Waals surface area (Å²) in [6.45, 7) is 2.09. The maximum Gasteiger partial charge on any atom is 0.405 e. The van der Waals surface area contributed by atoms with Crippen LogP contribution in [0.4, 0.5) is 13.2 Å². The van der Waals surface area contributed by atoms with Gasteiger partial charge in [-0.3, -0.25) is 10.2 Å². The Bertz CT molecular complexity index is 243. The molecule has 1 rings (SSSR count). The number of alkyl halides is 3. The Kier molecular flexibility index (Phi) is 4.58. The number of amides is 1. The SMILES string of the molecule is CCCCCC(N1CCC(=O)N1)C(F)(F)F. The van der Waals surface area contributed by atoms with Gasteiger partial charge >= 0.3 is 6.18 Å². The van der Waals surface area contributed by atoms with Crippen molar-refractivity contribution in [2.75, 3.05) is 6.54 Å². The lowest BCUT2D eigenvalue weighted by Crippen LogP contribution is -2.49.